The average Bonchev–Trinajstić information content (AvgIpc) is 2.14. The van der Waals surface area contributed by atoms with E-state index in [4.69, 9.17) is 5.11 Å². The van der Waals surface area contributed by atoms with Gasteiger partial charge in [-0.2, -0.15) is 0 Å². The molecule has 2 heteroatoms. The van der Waals surface area contributed by atoms with E-state index in [1.807, 2.05) is 6.92 Å². The van der Waals surface area contributed by atoms with Crippen LogP contribution in [0.2, 0.25) is 0 Å². The highest BCUT2D eigenvalue weighted by molar-refractivity contribution is 5.67. The van der Waals surface area contributed by atoms with Gasteiger partial charge in [0.25, 0.3) is 0 Å². The lowest BCUT2D eigenvalue weighted by molar-refractivity contribution is -0.136. The predicted molar refractivity (Wildman–Crippen MR) is 65.8 cm³/mol. The lowest BCUT2D eigenvalue weighted by Gasteiger charge is -2.20. The van der Waals surface area contributed by atoms with Crippen molar-refractivity contribution in [3.05, 3.63) is 34.9 Å². The van der Waals surface area contributed by atoms with Crippen LogP contribution in [0.25, 0.3) is 0 Å². The van der Waals surface area contributed by atoms with E-state index in [1.54, 1.807) is 0 Å². The minimum absolute atomic E-state index is 0.149. The summed E-state index contributed by atoms with van der Waals surface area (Å²) in [6.07, 6.45) is 0.821. The molecule has 0 aliphatic rings. The van der Waals surface area contributed by atoms with E-state index in [0.29, 0.717) is 6.42 Å². The number of aryl methyl sites for hydroxylation is 2. The number of aliphatic carboxylic acids is 1. The van der Waals surface area contributed by atoms with Crippen molar-refractivity contribution in [1.82, 2.24) is 0 Å². The lowest BCUT2D eigenvalue weighted by Crippen LogP contribution is -2.11. The highest BCUT2D eigenvalue weighted by atomic mass is 16.4. The highest BCUT2D eigenvalue weighted by Gasteiger charge is 2.14. The molecule has 0 bridgehead atoms. The van der Waals surface area contributed by atoms with Crippen molar-refractivity contribution in [1.29, 1.82) is 0 Å². The van der Waals surface area contributed by atoms with Gasteiger partial charge in [0, 0.05) is 6.42 Å². The van der Waals surface area contributed by atoms with E-state index < -0.39 is 5.97 Å². The third kappa shape index (κ3) is 3.37. The fraction of sp³-hybridized carbons (Fsp3) is 0.500. The average molecular weight is 220 g/mol. The molecule has 2 nitrogen and oxygen atoms in total. The maximum Gasteiger partial charge on any atom is 0.303 e. The minimum atomic E-state index is -0.737. The molecule has 0 spiro atoms. The van der Waals surface area contributed by atoms with Crippen LogP contribution < -0.4 is 0 Å². The molecule has 0 aliphatic heterocycles. The van der Waals surface area contributed by atoms with Crippen molar-refractivity contribution in [3.63, 3.8) is 0 Å². The van der Waals surface area contributed by atoms with E-state index in [0.717, 1.165) is 5.56 Å². The van der Waals surface area contributed by atoms with Crippen LogP contribution in [0.1, 0.15) is 43.9 Å². The van der Waals surface area contributed by atoms with Crippen LogP contribution in [-0.2, 0) is 16.6 Å². The Morgan fingerprint density at radius 2 is 1.94 bits per heavy atom. The summed E-state index contributed by atoms with van der Waals surface area (Å²) in [4.78, 5) is 10.5. The van der Waals surface area contributed by atoms with E-state index in [1.165, 1.54) is 11.1 Å². The monoisotopic (exact) mass is 220 g/mol. The van der Waals surface area contributed by atoms with Crippen molar-refractivity contribution in [2.75, 3.05) is 0 Å². The molecular formula is C14H20O2. The fourth-order valence-corrected chi connectivity index (χ4v) is 1.68. The van der Waals surface area contributed by atoms with Crippen molar-refractivity contribution < 1.29 is 9.90 Å². The molecule has 0 unspecified atom stereocenters. The maximum absolute atomic E-state index is 10.5. The van der Waals surface area contributed by atoms with Gasteiger partial charge in [-0.05, 0) is 35.4 Å². The van der Waals surface area contributed by atoms with Gasteiger partial charge in [-0.1, -0.05) is 39.0 Å². The normalized spacial score (nSPS) is 11.5. The van der Waals surface area contributed by atoms with Crippen molar-refractivity contribution in [2.45, 2.75) is 46.0 Å². The Morgan fingerprint density at radius 3 is 2.38 bits per heavy atom. The smallest absolute Gasteiger partial charge is 0.303 e. The third-order valence-corrected chi connectivity index (χ3v) is 2.82. The topological polar surface area (TPSA) is 37.3 Å². The molecule has 0 saturated heterocycles. The summed E-state index contributed by atoms with van der Waals surface area (Å²) < 4.78 is 0. The lowest BCUT2D eigenvalue weighted by atomic mass is 9.85. The summed E-state index contributed by atoms with van der Waals surface area (Å²) in [5.41, 5.74) is 3.77. The summed E-state index contributed by atoms with van der Waals surface area (Å²) >= 11 is 0. The number of benzene rings is 1. The van der Waals surface area contributed by atoms with Crippen LogP contribution in [-0.4, -0.2) is 11.1 Å². The fourth-order valence-electron chi connectivity index (χ4n) is 1.68. The first-order valence-corrected chi connectivity index (χ1v) is 5.62. The molecule has 88 valence electrons. The van der Waals surface area contributed by atoms with Crippen LogP contribution in [0.4, 0.5) is 0 Å². The van der Waals surface area contributed by atoms with Crippen molar-refractivity contribution in [3.8, 4) is 0 Å². The second-order valence-electron chi connectivity index (χ2n) is 5.29. The number of rotatable bonds is 3. The van der Waals surface area contributed by atoms with Gasteiger partial charge in [0.05, 0.1) is 0 Å². The number of hydrogen-bond donors (Lipinski definition) is 1. The summed E-state index contributed by atoms with van der Waals surface area (Å²) in [7, 11) is 0. The largest absolute Gasteiger partial charge is 0.481 e. The predicted octanol–water partition coefficient (Wildman–Crippen LogP) is 3.31. The molecule has 16 heavy (non-hydrogen) atoms. The Bertz CT molecular complexity index is 386. The molecule has 0 aliphatic carbocycles. The number of hydrogen-bond acceptors (Lipinski definition) is 1. The van der Waals surface area contributed by atoms with E-state index in [9.17, 15) is 4.79 Å². The molecule has 0 saturated carbocycles. The molecule has 0 fully saturated rings. The Morgan fingerprint density at radius 1 is 1.31 bits per heavy atom. The SMILES string of the molecule is Cc1cc(C(C)(C)C)ccc1CCC(=O)O. The zero-order valence-electron chi connectivity index (χ0n) is 10.5. The first-order valence-electron chi connectivity index (χ1n) is 5.62. The van der Waals surface area contributed by atoms with Crippen LogP contribution in [0.15, 0.2) is 18.2 Å². The Balaban J connectivity index is 2.88. The van der Waals surface area contributed by atoms with E-state index >= 15 is 0 Å². The standard InChI is InChI=1S/C14H20O2/c1-10-9-12(14(2,3)4)7-5-11(10)6-8-13(15)16/h5,7,9H,6,8H2,1-4H3,(H,15,16). The molecule has 1 N–H and O–H groups in total. The molecule has 0 amide bonds. The van der Waals surface area contributed by atoms with Gasteiger partial charge in [0.1, 0.15) is 0 Å². The summed E-state index contributed by atoms with van der Waals surface area (Å²) in [6.45, 7) is 8.59. The quantitative estimate of drug-likeness (QED) is 0.848. The van der Waals surface area contributed by atoms with Crippen LogP contribution in [0.3, 0.4) is 0 Å². The molecule has 0 atom stereocenters. The van der Waals surface area contributed by atoms with E-state index in [2.05, 4.69) is 39.0 Å². The van der Waals surface area contributed by atoms with Crippen LogP contribution in [0, 0.1) is 6.92 Å². The Kier molecular flexibility index (Phi) is 3.74. The highest BCUT2D eigenvalue weighted by Crippen LogP contribution is 2.24. The van der Waals surface area contributed by atoms with Crippen molar-refractivity contribution >= 4 is 5.97 Å². The second-order valence-corrected chi connectivity index (χ2v) is 5.29. The molecule has 1 aromatic rings. The molecule has 1 aromatic carbocycles. The molecular weight excluding hydrogens is 200 g/mol. The maximum atomic E-state index is 10.5. The Labute approximate surface area is 97.3 Å². The summed E-state index contributed by atoms with van der Waals surface area (Å²) in [6, 6.07) is 6.32. The van der Waals surface area contributed by atoms with Gasteiger partial charge in [0.15, 0.2) is 0 Å². The van der Waals surface area contributed by atoms with Gasteiger partial charge in [-0.15, -0.1) is 0 Å². The summed E-state index contributed by atoms with van der Waals surface area (Å²) in [5, 5.41) is 8.65. The first kappa shape index (κ1) is 12.8. The van der Waals surface area contributed by atoms with Gasteiger partial charge in [-0.3, -0.25) is 4.79 Å². The van der Waals surface area contributed by atoms with Gasteiger partial charge < -0.3 is 5.11 Å². The van der Waals surface area contributed by atoms with Gasteiger partial charge >= 0.3 is 5.97 Å². The number of carbonyl (C=O) groups is 1. The third-order valence-electron chi connectivity index (χ3n) is 2.82. The minimum Gasteiger partial charge on any atom is -0.481 e. The summed E-state index contributed by atoms with van der Waals surface area (Å²) in [5.74, 6) is -0.737. The zero-order chi connectivity index (χ0) is 12.3. The van der Waals surface area contributed by atoms with Gasteiger partial charge in [0.2, 0.25) is 0 Å². The molecule has 0 radical (unpaired) electrons. The molecule has 0 heterocycles. The number of carboxylic acids is 1. The van der Waals surface area contributed by atoms with Crippen LogP contribution in [0.5, 0.6) is 0 Å². The Hall–Kier alpha value is -1.31. The van der Waals surface area contributed by atoms with E-state index in [-0.39, 0.29) is 11.8 Å². The second kappa shape index (κ2) is 4.69. The first-order chi connectivity index (χ1) is 7.30. The van der Waals surface area contributed by atoms with Crippen LogP contribution >= 0.6 is 0 Å². The number of carboxylic acid groups (broad SMARTS) is 1. The van der Waals surface area contributed by atoms with Gasteiger partial charge in [-0.25, -0.2) is 0 Å². The molecule has 1 rings (SSSR count). The zero-order valence-corrected chi connectivity index (χ0v) is 10.5. The molecule has 0 aromatic heterocycles. The van der Waals surface area contributed by atoms with Crippen molar-refractivity contribution in [2.24, 2.45) is 0 Å².